The number of aryl methyl sites for hydroxylation is 2. The van der Waals surface area contributed by atoms with Crippen molar-refractivity contribution in [2.75, 3.05) is 19.8 Å². The zero-order chi connectivity index (χ0) is 20.2. The van der Waals surface area contributed by atoms with Gasteiger partial charge in [0, 0.05) is 19.8 Å². The van der Waals surface area contributed by atoms with E-state index in [2.05, 4.69) is 38.8 Å². The number of hydrogen-bond donors (Lipinski definition) is 1. The minimum Gasteiger partial charge on any atom is -0.396 e. The van der Waals surface area contributed by atoms with Crippen LogP contribution in [0.5, 0.6) is 0 Å². The molecule has 2 aromatic heterocycles. The van der Waals surface area contributed by atoms with Crippen molar-refractivity contribution < 1.29 is 9.84 Å². The van der Waals surface area contributed by atoms with Crippen LogP contribution in [0, 0.1) is 0 Å². The van der Waals surface area contributed by atoms with Gasteiger partial charge in [0.15, 0.2) is 0 Å². The van der Waals surface area contributed by atoms with Crippen LogP contribution < -0.4 is 0 Å². The lowest BCUT2D eigenvalue weighted by Gasteiger charge is -2.04. The molecule has 2 rings (SSSR count). The third kappa shape index (κ3) is 7.99. The fourth-order valence-corrected chi connectivity index (χ4v) is 7.91. The Hall–Kier alpha value is 0.540. The Balaban J connectivity index is 1.74. The first-order valence-corrected chi connectivity index (χ1v) is 14.0. The predicted octanol–water partition coefficient (Wildman–Crippen LogP) is 8.50. The fraction of sp³-hybridized carbons (Fsp3) is 0.727. The molecule has 0 bridgehead atoms. The number of halogens is 2. The first-order chi connectivity index (χ1) is 13.7. The normalized spacial score (nSPS) is 11.7. The van der Waals surface area contributed by atoms with Gasteiger partial charge < -0.3 is 9.84 Å². The largest absolute Gasteiger partial charge is 0.396 e. The first-order valence-electron chi connectivity index (χ1n) is 10.8. The highest BCUT2D eigenvalue weighted by atomic mass is 79.9. The van der Waals surface area contributed by atoms with Crippen LogP contribution in [-0.4, -0.2) is 24.9 Å². The molecule has 0 saturated heterocycles. The van der Waals surface area contributed by atoms with E-state index in [0.717, 1.165) is 45.3 Å². The molecular formula is C22H34Br2O2S2. The van der Waals surface area contributed by atoms with E-state index in [0.29, 0.717) is 6.61 Å². The molecule has 28 heavy (non-hydrogen) atoms. The number of hydrogen-bond acceptors (Lipinski definition) is 4. The number of thiophene rings is 2. The average molecular weight is 554 g/mol. The van der Waals surface area contributed by atoms with Gasteiger partial charge in [-0.05, 0) is 87.9 Å². The second kappa shape index (κ2) is 14.5. The van der Waals surface area contributed by atoms with Crippen molar-refractivity contribution in [3.8, 4) is 0 Å². The lowest BCUT2D eigenvalue weighted by molar-refractivity contribution is 0.126. The van der Waals surface area contributed by atoms with Gasteiger partial charge in [-0.2, -0.15) is 0 Å². The standard InChI is InChI=1S/C22H34Br2O2S2/c1-2-3-4-10-15-26-16-11-6-8-13-18-20-19(27-22(18)24)17(21(23)28-20)12-7-5-9-14-25/h25H,2-16H2,1H3. The van der Waals surface area contributed by atoms with Gasteiger partial charge in [-0.3, -0.25) is 0 Å². The molecule has 0 aliphatic rings. The lowest BCUT2D eigenvalue weighted by atomic mass is 10.1. The summed E-state index contributed by atoms with van der Waals surface area (Å²) in [4.78, 5) is 0. The summed E-state index contributed by atoms with van der Waals surface area (Å²) in [6, 6.07) is 0. The van der Waals surface area contributed by atoms with Crippen LogP contribution in [0.3, 0.4) is 0 Å². The minimum atomic E-state index is 0.304. The summed E-state index contributed by atoms with van der Waals surface area (Å²) in [6.45, 7) is 4.39. The van der Waals surface area contributed by atoms with Gasteiger partial charge in [0.05, 0.1) is 17.0 Å². The molecule has 1 N–H and O–H groups in total. The molecule has 0 atom stereocenters. The summed E-state index contributed by atoms with van der Waals surface area (Å²) in [5, 5.41) is 8.96. The molecule has 2 nitrogen and oxygen atoms in total. The van der Waals surface area contributed by atoms with Crippen molar-refractivity contribution in [3.63, 3.8) is 0 Å². The maximum absolute atomic E-state index is 8.96. The Morgan fingerprint density at radius 1 is 0.714 bits per heavy atom. The topological polar surface area (TPSA) is 29.5 Å². The summed E-state index contributed by atoms with van der Waals surface area (Å²) in [6.07, 6.45) is 14.2. The van der Waals surface area contributed by atoms with E-state index >= 15 is 0 Å². The lowest BCUT2D eigenvalue weighted by Crippen LogP contribution is -1.97. The van der Waals surface area contributed by atoms with Crippen molar-refractivity contribution in [2.24, 2.45) is 0 Å². The Morgan fingerprint density at radius 3 is 1.71 bits per heavy atom. The van der Waals surface area contributed by atoms with Gasteiger partial charge in [0.25, 0.3) is 0 Å². The van der Waals surface area contributed by atoms with E-state index in [1.54, 1.807) is 0 Å². The molecule has 160 valence electrons. The molecule has 0 aliphatic carbocycles. The molecule has 0 radical (unpaired) electrons. The zero-order valence-electron chi connectivity index (χ0n) is 17.0. The maximum Gasteiger partial charge on any atom is 0.0751 e. The van der Waals surface area contributed by atoms with E-state index in [1.807, 2.05) is 22.7 Å². The Morgan fingerprint density at radius 2 is 1.21 bits per heavy atom. The van der Waals surface area contributed by atoms with E-state index in [1.165, 1.54) is 73.0 Å². The molecule has 2 aromatic rings. The molecule has 0 fully saturated rings. The summed E-state index contributed by atoms with van der Waals surface area (Å²) in [5.74, 6) is 0. The van der Waals surface area contributed by atoms with Gasteiger partial charge in [-0.15, -0.1) is 22.7 Å². The van der Waals surface area contributed by atoms with Crippen molar-refractivity contribution >= 4 is 63.9 Å². The Bertz CT molecular complexity index is 682. The fourth-order valence-electron chi connectivity index (χ4n) is 3.40. The first kappa shape index (κ1) is 24.8. The number of fused-ring (bicyclic) bond motifs is 1. The van der Waals surface area contributed by atoms with Crippen molar-refractivity contribution in [2.45, 2.75) is 84.0 Å². The smallest absolute Gasteiger partial charge is 0.0751 e. The second-order valence-corrected chi connectivity index (χ2v) is 12.1. The number of aliphatic hydroxyl groups is 1. The van der Waals surface area contributed by atoms with Gasteiger partial charge >= 0.3 is 0 Å². The molecule has 0 amide bonds. The van der Waals surface area contributed by atoms with Crippen LogP contribution in [0.4, 0.5) is 0 Å². The third-order valence-electron chi connectivity index (χ3n) is 5.05. The van der Waals surface area contributed by atoms with E-state index < -0.39 is 0 Å². The van der Waals surface area contributed by atoms with Crippen LogP contribution in [0.2, 0.25) is 0 Å². The molecule has 0 unspecified atom stereocenters. The highest BCUT2D eigenvalue weighted by Gasteiger charge is 2.18. The van der Waals surface area contributed by atoms with Crippen LogP contribution in [0.1, 0.15) is 82.3 Å². The number of aliphatic hydroxyl groups excluding tert-OH is 1. The van der Waals surface area contributed by atoms with Crippen LogP contribution in [0.25, 0.3) is 9.40 Å². The molecular weight excluding hydrogens is 520 g/mol. The van der Waals surface area contributed by atoms with E-state index in [-0.39, 0.29) is 0 Å². The van der Waals surface area contributed by atoms with Crippen LogP contribution in [-0.2, 0) is 17.6 Å². The Kier molecular flexibility index (Phi) is 12.9. The van der Waals surface area contributed by atoms with Gasteiger partial charge in [-0.25, -0.2) is 0 Å². The quantitative estimate of drug-likeness (QED) is 0.211. The van der Waals surface area contributed by atoms with E-state index in [9.17, 15) is 0 Å². The summed E-state index contributed by atoms with van der Waals surface area (Å²) < 4.78 is 11.3. The molecule has 6 heteroatoms. The van der Waals surface area contributed by atoms with Crippen molar-refractivity contribution in [3.05, 3.63) is 18.7 Å². The summed E-state index contributed by atoms with van der Waals surface area (Å²) in [7, 11) is 0. The predicted molar refractivity (Wildman–Crippen MR) is 132 cm³/mol. The van der Waals surface area contributed by atoms with E-state index in [4.69, 9.17) is 9.84 Å². The summed E-state index contributed by atoms with van der Waals surface area (Å²) in [5.41, 5.74) is 2.96. The highest BCUT2D eigenvalue weighted by molar-refractivity contribution is 9.11. The minimum absolute atomic E-state index is 0.304. The average Bonchev–Trinajstić information content (AvgIpc) is 3.14. The third-order valence-corrected chi connectivity index (χ3v) is 9.27. The van der Waals surface area contributed by atoms with Crippen molar-refractivity contribution in [1.29, 1.82) is 0 Å². The second-order valence-electron chi connectivity index (χ2n) is 7.38. The van der Waals surface area contributed by atoms with Crippen molar-refractivity contribution in [1.82, 2.24) is 0 Å². The van der Waals surface area contributed by atoms with Crippen LogP contribution >= 0.6 is 54.5 Å². The van der Waals surface area contributed by atoms with Gasteiger partial charge in [0.1, 0.15) is 0 Å². The molecule has 0 saturated carbocycles. The number of unbranched alkanes of at least 4 members (excludes halogenated alkanes) is 7. The zero-order valence-corrected chi connectivity index (χ0v) is 21.8. The highest BCUT2D eigenvalue weighted by Crippen LogP contribution is 2.46. The summed E-state index contributed by atoms with van der Waals surface area (Å²) >= 11 is 11.4. The number of ether oxygens (including phenoxy) is 1. The maximum atomic E-state index is 8.96. The molecule has 2 heterocycles. The Labute approximate surface area is 195 Å². The van der Waals surface area contributed by atoms with Crippen LogP contribution in [0.15, 0.2) is 7.57 Å². The molecule has 0 aromatic carbocycles. The van der Waals surface area contributed by atoms with Gasteiger partial charge in [-0.1, -0.05) is 39.0 Å². The SMILES string of the molecule is CCCCCCOCCCCCc1c(Br)sc2c(CCCCCO)c(Br)sc12. The van der Waals surface area contributed by atoms with Gasteiger partial charge in [0.2, 0.25) is 0 Å². The molecule has 0 aliphatic heterocycles. The number of rotatable bonds is 16. The molecule has 0 spiro atoms. The monoisotopic (exact) mass is 552 g/mol.